The minimum atomic E-state index is -8.75. The van der Waals surface area contributed by atoms with Crippen LogP contribution >= 0.6 is 0 Å². The zero-order valence-corrected chi connectivity index (χ0v) is 18.3. The summed E-state index contributed by atoms with van der Waals surface area (Å²) in [5.41, 5.74) is 0. The van der Waals surface area contributed by atoms with Crippen LogP contribution in [0.15, 0.2) is 25.3 Å². The standard InChI is InChI=1S/C18H13F17O4/c1-3-9(36)38-6-5-8(39-10(37)4-2)7-11(19,20)12(21,22)13(23,24)14(25,26)15(27,28)16(29,30)17(31,32)18(33,34)35/h3-4,8H,1-2,5-7H2. The summed E-state index contributed by atoms with van der Waals surface area (Å²) in [6.07, 6.45) is -14.4. The quantitative estimate of drug-likeness (QED) is 0.125. The van der Waals surface area contributed by atoms with Gasteiger partial charge in [0.15, 0.2) is 0 Å². The first-order chi connectivity index (χ1) is 17.0. The van der Waals surface area contributed by atoms with Gasteiger partial charge in [0.2, 0.25) is 0 Å². The third kappa shape index (κ3) is 6.20. The highest BCUT2D eigenvalue weighted by atomic mass is 19.4. The second-order valence-corrected chi connectivity index (χ2v) is 7.28. The second-order valence-electron chi connectivity index (χ2n) is 7.28. The number of hydrogen-bond acceptors (Lipinski definition) is 4. The summed E-state index contributed by atoms with van der Waals surface area (Å²) in [6, 6.07) is 0. The third-order valence-electron chi connectivity index (χ3n) is 4.57. The van der Waals surface area contributed by atoms with Gasteiger partial charge in [0.25, 0.3) is 0 Å². The van der Waals surface area contributed by atoms with Crippen LogP contribution in [0.1, 0.15) is 12.8 Å². The highest BCUT2D eigenvalue weighted by Gasteiger charge is 2.95. The molecule has 1 atom stereocenters. The molecule has 1 unspecified atom stereocenters. The molecule has 0 fully saturated rings. The Hall–Kier alpha value is -2.77. The van der Waals surface area contributed by atoms with Gasteiger partial charge in [-0.25, -0.2) is 9.59 Å². The maximum atomic E-state index is 14.1. The summed E-state index contributed by atoms with van der Waals surface area (Å²) in [7, 11) is 0. The van der Waals surface area contributed by atoms with Crippen LogP contribution in [0.5, 0.6) is 0 Å². The van der Waals surface area contributed by atoms with Gasteiger partial charge in [-0.05, 0) is 0 Å². The zero-order valence-electron chi connectivity index (χ0n) is 18.3. The maximum absolute atomic E-state index is 14.1. The van der Waals surface area contributed by atoms with Crippen LogP contribution in [-0.4, -0.2) is 72.3 Å². The molecule has 0 spiro atoms. The minimum Gasteiger partial charge on any atom is -0.462 e. The molecule has 0 aromatic heterocycles. The van der Waals surface area contributed by atoms with E-state index < -0.39 is 85.1 Å². The van der Waals surface area contributed by atoms with E-state index in [1.807, 2.05) is 0 Å². The maximum Gasteiger partial charge on any atom is 0.460 e. The molecule has 0 rings (SSSR count). The van der Waals surface area contributed by atoms with Crippen LogP contribution in [0.25, 0.3) is 0 Å². The fourth-order valence-electron chi connectivity index (χ4n) is 2.38. The van der Waals surface area contributed by atoms with Gasteiger partial charge < -0.3 is 9.47 Å². The highest BCUT2D eigenvalue weighted by molar-refractivity contribution is 5.81. The lowest BCUT2D eigenvalue weighted by molar-refractivity contribution is -0.462. The van der Waals surface area contributed by atoms with Crippen molar-refractivity contribution in [1.82, 2.24) is 0 Å². The monoisotopic (exact) mass is 616 g/mol. The van der Waals surface area contributed by atoms with E-state index in [-0.39, 0.29) is 6.08 Å². The lowest BCUT2D eigenvalue weighted by Gasteiger charge is -2.43. The van der Waals surface area contributed by atoms with Gasteiger partial charge in [-0.1, -0.05) is 13.2 Å². The molecule has 0 radical (unpaired) electrons. The Labute approximate surface area is 205 Å². The summed E-state index contributed by atoms with van der Waals surface area (Å²) in [4.78, 5) is 22.1. The van der Waals surface area contributed by atoms with Crippen LogP contribution in [0.4, 0.5) is 74.6 Å². The van der Waals surface area contributed by atoms with E-state index in [9.17, 15) is 84.2 Å². The molecule has 0 saturated carbocycles. The van der Waals surface area contributed by atoms with E-state index in [1.165, 1.54) is 0 Å². The van der Waals surface area contributed by atoms with Crippen molar-refractivity contribution in [2.75, 3.05) is 6.61 Å². The Balaban J connectivity index is 6.56. The first-order valence-electron chi connectivity index (χ1n) is 9.37. The van der Waals surface area contributed by atoms with Gasteiger partial charge >= 0.3 is 59.6 Å². The molecule has 0 N–H and O–H groups in total. The fourth-order valence-corrected chi connectivity index (χ4v) is 2.38. The number of rotatable bonds is 14. The largest absolute Gasteiger partial charge is 0.462 e. The lowest BCUT2D eigenvalue weighted by Crippen LogP contribution is -2.74. The fraction of sp³-hybridized carbons (Fsp3) is 0.667. The normalized spacial score (nSPS) is 15.4. The van der Waals surface area contributed by atoms with Crippen molar-refractivity contribution in [2.45, 2.75) is 66.6 Å². The van der Waals surface area contributed by atoms with Crippen molar-refractivity contribution in [2.24, 2.45) is 0 Å². The summed E-state index contributed by atoms with van der Waals surface area (Å²) >= 11 is 0. The molecule has 0 aliphatic rings. The SMILES string of the molecule is C=CC(=O)OCCC(CC(F)(F)C(F)(F)C(F)(F)C(F)(F)C(F)(F)C(F)(F)C(F)(F)C(F)(F)F)OC(=O)C=C. The molecule has 39 heavy (non-hydrogen) atoms. The molecule has 0 saturated heterocycles. The van der Waals surface area contributed by atoms with Gasteiger partial charge in [-0.2, -0.15) is 74.6 Å². The van der Waals surface area contributed by atoms with E-state index in [4.69, 9.17) is 0 Å². The molecule has 0 heterocycles. The number of carbonyl (C=O) groups excluding carboxylic acids is 2. The first-order valence-corrected chi connectivity index (χ1v) is 9.37. The molecular weight excluding hydrogens is 603 g/mol. The smallest absolute Gasteiger partial charge is 0.460 e. The van der Waals surface area contributed by atoms with E-state index in [2.05, 4.69) is 22.6 Å². The third-order valence-corrected chi connectivity index (χ3v) is 4.57. The molecule has 0 aliphatic carbocycles. The molecule has 228 valence electrons. The minimum absolute atomic E-state index is 0.144. The van der Waals surface area contributed by atoms with Crippen LogP contribution in [-0.2, 0) is 19.1 Å². The topological polar surface area (TPSA) is 52.6 Å². The summed E-state index contributed by atoms with van der Waals surface area (Å²) in [6.45, 7) is 4.41. The van der Waals surface area contributed by atoms with Crippen molar-refractivity contribution in [1.29, 1.82) is 0 Å². The number of alkyl halides is 17. The molecule has 0 aliphatic heterocycles. The first kappa shape index (κ1) is 36.2. The molecule has 0 aromatic carbocycles. The summed E-state index contributed by atoms with van der Waals surface area (Å²) < 4.78 is 235. The van der Waals surface area contributed by atoms with E-state index in [0.29, 0.717) is 6.08 Å². The lowest BCUT2D eigenvalue weighted by atomic mass is 9.87. The van der Waals surface area contributed by atoms with Crippen LogP contribution in [0, 0.1) is 0 Å². The second kappa shape index (κ2) is 11.0. The highest BCUT2D eigenvalue weighted by Crippen LogP contribution is 2.64. The van der Waals surface area contributed by atoms with Crippen LogP contribution in [0.3, 0.4) is 0 Å². The molecule has 0 bridgehead atoms. The van der Waals surface area contributed by atoms with E-state index in [1.54, 1.807) is 0 Å². The van der Waals surface area contributed by atoms with Gasteiger partial charge in [0.1, 0.15) is 6.10 Å². The van der Waals surface area contributed by atoms with Gasteiger partial charge in [0, 0.05) is 18.6 Å². The predicted molar refractivity (Wildman–Crippen MR) is 91.2 cm³/mol. The number of halogens is 17. The van der Waals surface area contributed by atoms with Crippen molar-refractivity contribution >= 4 is 11.9 Å². The van der Waals surface area contributed by atoms with Crippen molar-refractivity contribution in [3.05, 3.63) is 25.3 Å². The molecule has 0 amide bonds. The zero-order chi connectivity index (χ0) is 31.7. The summed E-state index contributed by atoms with van der Waals surface area (Å²) in [5.74, 6) is -60.7. The van der Waals surface area contributed by atoms with E-state index in [0.717, 1.165) is 0 Å². The average Bonchev–Trinajstić information content (AvgIpc) is 2.76. The van der Waals surface area contributed by atoms with Crippen LogP contribution in [0.2, 0.25) is 0 Å². The Morgan fingerprint density at radius 1 is 0.590 bits per heavy atom. The Morgan fingerprint density at radius 3 is 1.31 bits per heavy atom. The van der Waals surface area contributed by atoms with Gasteiger partial charge in [0.05, 0.1) is 13.0 Å². The molecule has 0 aromatic rings. The predicted octanol–water partition coefficient (Wildman–Crippen LogP) is 6.60. The Bertz CT molecular complexity index is 923. The van der Waals surface area contributed by atoms with Crippen molar-refractivity contribution in [3.8, 4) is 0 Å². The average molecular weight is 616 g/mol. The number of esters is 2. The van der Waals surface area contributed by atoms with Crippen LogP contribution < -0.4 is 0 Å². The Morgan fingerprint density at radius 2 is 0.949 bits per heavy atom. The molecule has 4 nitrogen and oxygen atoms in total. The number of ether oxygens (including phenoxy) is 2. The number of hydrogen-bond donors (Lipinski definition) is 0. The number of carbonyl (C=O) groups is 2. The molecule has 21 heteroatoms. The molecular formula is C18H13F17O4. The summed E-state index contributed by atoms with van der Waals surface area (Å²) in [5, 5.41) is 0. The van der Waals surface area contributed by atoms with Gasteiger partial charge in [-0.15, -0.1) is 0 Å². The Kier molecular flexibility index (Phi) is 10.2. The van der Waals surface area contributed by atoms with Gasteiger partial charge in [-0.3, -0.25) is 0 Å². The van der Waals surface area contributed by atoms with Crippen molar-refractivity contribution in [3.63, 3.8) is 0 Å². The van der Waals surface area contributed by atoms with E-state index >= 15 is 0 Å². The van der Waals surface area contributed by atoms with Crippen molar-refractivity contribution < 1.29 is 93.7 Å².